The second-order valence-corrected chi connectivity index (χ2v) is 9.57. The van der Waals surface area contributed by atoms with E-state index in [4.69, 9.17) is 15.7 Å². The van der Waals surface area contributed by atoms with Crippen molar-refractivity contribution in [3.05, 3.63) is 23.8 Å². The standard InChI is InChI=1S/C22H27ClF2O4/c1-11-6-13-14-8-16(24)15-7-12(26)4-5-19(15,2)21(14,25)17(27)9-20(13,3)22(11,29)18(28)10-23/h4-5,7,11,13-14,16-17,27,29H,6,8-10H2,1-3H3/t11-,13?,14?,16-,17-,19-,20-,21-,22-/m0/s1/i9D2,17D. The molecule has 0 aromatic carbocycles. The number of hydrogen-bond acceptors (Lipinski definition) is 4. The first kappa shape index (κ1) is 17.6. The van der Waals surface area contributed by atoms with E-state index < -0.39 is 82.3 Å². The van der Waals surface area contributed by atoms with Crippen molar-refractivity contribution in [1.82, 2.24) is 0 Å². The third-order valence-corrected chi connectivity index (χ3v) is 8.40. The number of carbonyl (C=O) groups is 2. The van der Waals surface area contributed by atoms with Crippen LogP contribution in [0.25, 0.3) is 0 Å². The number of rotatable bonds is 2. The Kier molecular flexibility index (Phi) is 3.76. The van der Waals surface area contributed by atoms with Gasteiger partial charge < -0.3 is 10.2 Å². The molecule has 0 saturated heterocycles. The number of carbonyl (C=O) groups excluding carboxylic acids is 2. The molecule has 4 aliphatic carbocycles. The van der Waals surface area contributed by atoms with Crippen LogP contribution in [0.15, 0.2) is 23.8 Å². The van der Waals surface area contributed by atoms with Crippen LogP contribution in [0.3, 0.4) is 0 Å². The molecule has 7 heteroatoms. The fraction of sp³-hybridized carbons (Fsp3) is 0.727. The number of allylic oxidation sites excluding steroid dienone is 4. The van der Waals surface area contributed by atoms with Gasteiger partial charge in [0, 0.05) is 19.5 Å². The van der Waals surface area contributed by atoms with Crippen molar-refractivity contribution in [3.8, 4) is 0 Å². The van der Waals surface area contributed by atoms with Crippen molar-refractivity contribution in [1.29, 1.82) is 0 Å². The Morgan fingerprint density at radius 3 is 2.69 bits per heavy atom. The molecule has 0 radical (unpaired) electrons. The SMILES string of the molecule is [2H]C1([2H])[C@]([2H])(O)[C@@]2(F)C(C[C@H](F)C3=CC(=O)C=C[C@@]32C)C2C[C@H](C)[C@](O)(C(=O)CCl)[C@]21C. The highest BCUT2D eigenvalue weighted by Crippen LogP contribution is 2.70. The number of fused-ring (bicyclic) bond motifs is 5. The predicted molar refractivity (Wildman–Crippen MR) is 104 cm³/mol. The lowest BCUT2D eigenvalue weighted by Gasteiger charge is -2.63. The molecule has 4 nitrogen and oxygen atoms in total. The van der Waals surface area contributed by atoms with Crippen LogP contribution >= 0.6 is 11.6 Å². The molecule has 0 aliphatic heterocycles. The van der Waals surface area contributed by atoms with E-state index >= 15 is 8.78 Å². The minimum atomic E-state index is -3.50. The smallest absolute Gasteiger partial charge is 0.179 e. The van der Waals surface area contributed by atoms with Gasteiger partial charge >= 0.3 is 0 Å². The highest BCUT2D eigenvalue weighted by molar-refractivity contribution is 6.29. The molecular formula is C22H27ClF2O4. The van der Waals surface area contributed by atoms with E-state index in [0.717, 1.165) is 18.2 Å². The maximum Gasteiger partial charge on any atom is 0.179 e. The summed E-state index contributed by atoms with van der Waals surface area (Å²) in [5.41, 5.74) is -9.77. The zero-order valence-electron chi connectivity index (χ0n) is 19.5. The van der Waals surface area contributed by atoms with E-state index in [9.17, 15) is 19.8 Å². The molecule has 2 unspecified atom stereocenters. The van der Waals surface area contributed by atoms with Crippen LogP contribution in [-0.2, 0) is 9.59 Å². The summed E-state index contributed by atoms with van der Waals surface area (Å²) < 4.78 is 59.1. The van der Waals surface area contributed by atoms with Gasteiger partial charge in [-0.2, -0.15) is 0 Å². The first-order chi connectivity index (χ1) is 14.5. The third kappa shape index (κ3) is 2.26. The molecule has 160 valence electrons. The average Bonchev–Trinajstić information content (AvgIpc) is 2.93. The number of halogens is 3. The fourth-order valence-electron chi connectivity index (χ4n) is 6.54. The molecule has 0 aromatic rings. The van der Waals surface area contributed by atoms with E-state index in [0.29, 0.717) is 0 Å². The van der Waals surface area contributed by atoms with Gasteiger partial charge in [0.2, 0.25) is 0 Å². The maximum absolute atomic E-state index is 17.3. The molecule has 0 aromatic heterocycles. The zero-order valence-corrected chi connectivity index (χ0v) is 17.3. The second kappa shape index (κ2) is 6.21. The summed E-state index contributed by atoms with van der Waals surface area (Å²) in [6, 6.07) is 0. The number of alkyl halides is 3. The van der Waals surface area contributed by atoms with E-state index in [1.165, 1.54) is 20.8 Å². The first-order valence-electron chi connectivity index (χ1n) is 11.3. The fourth-order valence-corrected chi connectivity index (χ4v) is 6.75. The Balaban J connectivity index is 2.04. The van der Waals surface area contributed by atoms with Crippen molar-refractivity contribution in [2.75, 3.05) is 5.88 Å². The normalized spacial score (nSPS) is 59.5. The van der Waals surface area contributed by atoms with Crippen LogP contribution in [0, 0.1) is 28.6 Å². The number of hydrogen-bond donors (Lipinski definition) is 2. The van der Waals surface area contributed by atoms with Crippen molar-refractivity contribution >= 4 is 23.2 Å². The van der Waals surface area contributed by atoms with Crippen LogP contribution in [0.1, 0.15) is 44.1 Å². The van der Waals surface area contributed by atoms with Crippen LogP contribution in [0.4, 0.5) is 8.78 Å². The van der Waals surface area contributed by atoms with Gasteiger partial charge in [-0.15, -0.1) is 11.6 Å². The van der Waals surface area contributed by atoms with Crippen molar-refractivity contribution in [2.45, 2.75) is 63.5 Å². The second-order valence-electron chi connectivity index (χ2n) is 9.30. The summed E-state index contributed by atoms with van der Waals surface area (Å²) in [6.07, 6.45) is -5.88. The Morgan fingerprint density at radius 2 is 2.07 bits per heavy atom. The van der Waals surface area contributed by atoms with Crippen molar-refractivity contribution in [3.63, 3.8) is 0 Å². The molecule has 0 amide bonds. The largest absolute Gasteiger partial charge is 0.390 e. The van der Waals surface area contributed by atoms with Gasteiger partial charge in [-0.05, 0) is 55.7 Å². The van der Waals surface area contributed by atoms with Crippen LogP contribution in [0.2, 0.25) is 0 Å². The molecule has 4 rings (SSSR count). The molecule has 3 saturated carbocycles. The van der Waals surface area contributed by atoms with E-state index in [-0.39, 0.29) is 12.0 Å². The zero-order chi connectivity index (χ0) is 24.3. The maximum atomic E-state index is 17.3. The molecular weight excluding hydrogens is 402 g/mol. The monoisotopic (exact) mass is 431 g/mol. The van der Waals surface area contributed by atoms with Crippen molar-refractivity contribution in [2.24, 2.45) is 28.6 Å². The van der Waals surface area contributed by atoms with Crippen molar-refractivity contribution < 1.29 is 32.7 Å². The number of Topliss-reactive ketones (excluding diaryl/α,β-unsaturated/α-hetero) is 1. The molecule has 3 fully saturated rings. The topological polar surface area (TPSA) is 74.6 Å². The van der Waals surface area contributed by atoms with Crippen LogP contribution < -0.4 is 0 Å². The molecule has 0 heterocycles. The highest BCUT2D eigenvalue weighted by atomic mass is 35.5. The lowest BCUT2D eigenvalue weighted by molar-refractivity contribution is -0.222. The molecule has 9 atom stereocenters. The van der Waals surface area contributed by atoms with Gasteiger partial charge in [0.1, 0.15) is 11.8 Å². The lowest BCUT2D eigenvalue weighted by atomic mass is 9.44. The van der Waals surface area contributed by atoms with E-state index in [2.05, 4.69) is 0 Å². The van der Waals surface area contributed by atoms with Crippen LogP contribution in [-0.4, -0.2) is 51.2 Å². The van der Waals surface area contributed by atoms with Gasteiger partial charge in [-0.3, -0.25) is 9.59 Å². The Morgan fingerprint density at radius 1 is 1.41 bits per heavy atom. The van der Waals surface area contributed by atoms with E-state index in [1.807, 2.05) is 0 Å². The van der Waals surface area contributed by atoms with E-state index in [1.54, 1.807) is 0 Å². The summed E-state index contributed by atoms with van der Waals surface area (Å²) in [4.78, 5) is 24.7. The van der Waals surface area contributed by atoms with Gasteiger partial charge in [0.15, 0.2) is 17.2 Å². The van der Waals surface area contributed by atoms with Gasteiger partial charge in [-0.25, -0.2) is 8.78 Å². The minimum absolute atomic E-state index is 0.0218. The summed E-state index contributed by atoms with van der Waals surface area (Å²) in [7, 11) is 0. The van der Waals surface area contributed by atoms with Gasteiger partial charge in [-0.1, -0.05) is 19.9 Å². The molecule has 29 heavy (non-hydrogen) atoms. The first-order valence-corrected chi connectivity index (χ1v) is 10.4. The predicted octanol–water partition coefficient (Wildman–Crippen LogP) is 3.09. The summed E-state index contributed by atoms with van der Waals surface area (Å²) >= 11 is 5.74. The Hall–Kier alpha value is -1.11. The molecule has 0 bridgehead atoms. The third-order valence-electron chi connectivity index (χ3n) is 8.15. The number of ketones is 2. The Labute approximate surface area is 178 Å². The summed E-state index contributed by atoms with van der Waals surface area (Å²) in [5, 5.41) is 23.0. The number of aliphatic hydroxyl groups is 2. The highest BCUT2D eigenvalue weighted by Gasteiger charge is 2.76. The summed E-state index contributed by atoms with van der Waals surface area (Å²) in [6.45, 7) is 3.99. The minimum Gasteiger partial charge on any atom is -0.390 e. The van der Waals surface area contributed by atoms with Crippen LogP contribution in [0.5, 0.6) is 0 Å². The molecule has 2 N–H and O–H groups in total. The summed E-state index contributed by atoms with van der Waals surface area (Å²) in [5.74, 6) is -5.44. The average molecular weight is 432 g/mol. The molecule has 4 aliphatic rings. The Bertz CT molecular complexity index is 971. The molecule has 0 spiro atoms. The van der Waals surface area contributed by atoms with Gasteiger partial charge in [0.05, 0.1) is 13.3 Å². The lowest BCUT2D eigenvalue weighted by Crippen LogP contribution is -2.70. The van der Waals surface area contributed by atoms with Gasteiger partial charge in [0.25, 0.3) is 0 Å². The quantitative estimate of drug-likeness (QED) is 0.659.